The first kappa shape index (κ1) is 19.9. The summed E-state index contributed by atoms with van der Waals surface area (Å²) in [5, 5.41) is 13.2. The van der Waals surface area contributed by atoms with Gasteiger partial charge in [-0.2, -0.15) is 4.98 Å². The van der Waals surface area contributed by atoms with Gasteiger partial charge in [0.1, 0.15) is 11.4 Å². The molecule has 5 rings (SSSR count). The minimum atomic E-state index is -1.07. The Morgan fingerprint density at radius 1 is 1.23 bits per heavy atom. The topological polar surface area (TPSA) is 87.6 Å². The van der Waals surface area contributed by atoms with Crippen LogP contribution < -0.4 is 15.1 Å². The van der Waals surface area contributed by atoms with Crippen molar-refractivity contribution >= 4 is 28.6 Å². The molecule has 8 heteroatoms. The second-order valence-electron chi connectivity index (χ2n) is 8.84. The van der Waals surface area contributed by atoms with Crippen LogP contribution in [0.3, 0.4) is 0 Å². The monoisotopic (exact) mass is 427 g/mol. The van der Waals surface area contributed by atoms with E-state index in [1.54, 1.807) is 0 Å². The molecule has 1 aliphatic carbocycles. The summed E-state index contributed by atoms with van der Waals surface area (Å²) in [4.78, 5) is 15.1. The van der Waals surface area contributed by atoms with E-state index >= 15 is 0 Å². The number of aryl methyl sites for hydroxylation is 2. The van der Waals surface area contributed by atoms with Crippen molar-refractivity contribution in [1.29, 1.82) is 0 Å². The van der Waals surface area contributed by atoms with Crippen molar-refractivity contribution < 1.29 is 9.66 Å². The Bertz CT molecular complexity index is 934. The van der Waals surface area contributed by atoms with E-state index in [0.717, 1.165) is 49.5 Å². The molecule has 2 N–H and O–H groups in total. The molecule has 1 aromatic carbocycles. The van der Waals surface area contributed by atoms with Gasteiger partial charge in [0.15, 0.2) is 5.82 Å². The van der Waals surface area contributed by atoms with Crippen LogP contribution in [0.15, 0.2) is 29.2 Å². The van der Waals surface area contributed by atoms with Crippen LogP contribution in [0, 0.1) is 6.92 Å². The summed E-state index contributed by atoms with van der Waals surface area (Å²) < 4.78 is 12.6. The highest BCUT2D eigenvalue weighted by atomic mass is 32.2. The third-order valence-corrected chi connectivity index (χ3v) is 7.96. The Morgan fingerprint density at radius 2 is 2.00 bits per heavy atom. The van der Waals surface area contributed by atoms with Gasteiger partial charge in [-0.15, -0.1) is 0 Å². The minimum Gasteiger partial charge on any atom is -0.611 e. The number of nitrogens with zero attached hydrogens (tertiary/aromatic N) is 4. The average Bonchev–Trinajstić information content (AvgIpc) is 3.42. The lowest BCUT2D eigenvalue weighted by molar-refractivity contribution is 0.265. The Balaban J connectivity index is 1.40. The first-order chi connectivity index (χ1) is 14.5. The number of fused-ring (bicyclic) bond motifs is 1. The average molecular weight is 428 g/mol. The van der Waals surface area contributed by atoms with E-state index in [1.165, 1.54) is 11.3 Å². The molecule has 1 saturated carbocycles. The predicted octanol–water partition coefficient (Wildman–Crippen LogP) is 2.10. The predicted molar refractivity (Wildman–Crippen MR) is 120 cm³/mol. The van der Waals surface area contributed by atoms with Crippen molar-refractivity contribution in [2.75, 3.05) is 47.1 Å². The third-order valence-electron chi connectivity index (χ3n) is 6.50. The van der Waals surface area contributed by atoms with Crippen LogP contribution in [-0.4, -0.2) is 63.2 Å². The molecule has 2 aromatic rings. The fourth-order valence-corrected chi connectivity index (χ4v) is 5.67. The summed E-state index contributed by atoms with van der Waals surface area (Å²) in [7, 11) is 0. The number of anilines is 3. The van der Waals surface area contributed by atoms with E-state index in [1.807, 2.05) is 0 Å². The molecule has 3 aliphatic rings. The van der Waals surface area contributed by atoms with Gasteiger partial charge in [-0.3, -0.25) is 0 Å². The van der Waals surface area contributed by atoms with E-state index in [2.05, 4.69) is 53.2 Å². The molecule has 1 aromatic heterocycles. The molecule has 2 atom stereocenters. The number of hydrogen-bond acceptors (Lipinski definition) is 7. The number of aliphatic hydroxyl groups excluding tert-OH is 1. The molecule has 2 fully saturated rings. The second-order valence-corrected chi connectivity index (χ2v) is 10.3. The van der Waals surface area contributed by atoms with Crippen molar-refractivity contribution in [3.63, 3.8) is 0 Å². The zero-order valence-corrected chi connectivity index (χ0v) is 18.4. The Morgan fingerprint density at radius 3 is 2.67 bits per heavy atom. The largest absolute Gasteiger partial charge is 0.611 e. The number of hydrogen-bond donors (Lipinski definition) is 2. The molecule has 0 radical (unpaired) electrons. The summed E-state index contributed by atoms with van der Waals surface area (Å²) in [6.07, 6.45) is 2.54. The number of aromatic nitrogens is 2. The lowest BCUT2D eigenvalue weighted by atomic mass is 10.1. The smallest absolute Gasteiger partial charge is 0.228 e. The Labute approximate surface area is 180 Å². The van der Waals surface area contributed by atoms with Crippen LogP contribution in [0.1, 0.15) is 31.0 Å². The molecule has 2 aliphatic heterocycles. The number of aliphatic hydroxyl groups is 1. The van der Waals surface area contributed by atoms with Gasteiger partial charge in [0.05, 0.1) is 12.1 Å². The van der Waals surface area contributed by atoms with Crippen LogP contribution in [0.4, 0.5) is 17.5 Å². The molecule has 7 nitrogen and oxygen atoms in total. The molecule has 160 valence electrons. The molecular formula is C22H29N5O2S. The van der Waals surface area contributed by atoms with Crippen molar-refractivity contribution in [3.05, 3.63) is 35.5 Å². The van der Waals surface area contributed by atoms with Crippen molar-refractivity contribution in [2.45, 2.75) is 49.6 Å². The maximum atomic E-state index is 12.6. The number of piperazine rings is 1. The molecule has 0 spiro atoms. The van der Waals surface area contributed by atoms with Crippen LogP contribution in [0.25, 0.3) is 0 Å². The van der Waals surface area contributed by atoms with Gasteiger partial charge in [0.25, 0.3) is 0 Å². The molecule has 0 bridgehead atoms. The molecule has 3 heterocycles. The molecular weight excluding hydrogens is 398 g/mol. The van der Waals surface area contributed by atoms with Crippen LogP contribution >= 0.6 is 0 Å². The quantitative estimate of drug-likeness (QED) is 0.707. The van der Waals surface area contributed by atoms with Gasteiger partial charge in [0.2, 0.25) is 10.8 Å². The maximum absolute atomic E-state index is 12.6. The fourth-order valence-electron chi connectivity index (χ4n) is 4.37. The highest BCUT2D eigenvalue weighted by molar-refractivity contribution is 7.91. The van der Waals surface area contributed by atoms with Gasteiger partial charge in [-0.1, -0.05) is 17.7 Å². The van der Waals surface area contributed by atoms with Gasteiger partial charge in [-0.25, -0.2) is 4.98 Å². The van der Waals surface area contributed by atoms with Crippen LogP contribution in [0.5, 0.6) is 0 Å². The SMILES string of the molecule is Cc1ccc(N2CCN(c3nc4c(c(NC5(CO)CC5)n3)[S+]([O-])CC4)[C@@H](C)C2)cc1. The van der Waals surface area contributed by atoms with Crippen molar-refractivity contribution in [2.24, 2.45) is 0 Å². The summed E-state index contributed by atoms with van der Waals surface area (Å²) in [6.45, 7) is 7.03. The summed E-state index contributed by atoms with van der Waals surface area (Å²) in [5.74, 6) is 1.97. The summed E-state index contributed by atoms with van der Waals surface area (Å²) in [5.41, 5.74) is 3.11. The number of benzene rings is 1. The zero-order valence-electron chi connectivity index (χ0n) is 17.6. The summed E-state index contributed by atoms with van der Waals surface area (Å²) >= 11 is -1.07. The number of rotatable bonds is 5. The first-order valence-corrected chi connectivity index (χ1v) is 12.1. The molecule has 0 amide bonds. The highest BCUT2D eigenvalue weighted by Gasteiger charge is 2.45. The van der Waals surface area contributed by atoms with Gasteiger partial charge in [-0.05, 0) is 50.0 Å². The van der Waals surface area contributed by atoms with E-state index in [-0.39, 0.29) is 18.2 Å². The standard InChI is InChI=1S/C22H29N5O2S/c1-15-3-5-17(6-4-15)26-10-11-27(16(2)13-26)21-23-18-7-12-30(29)19(18)20(24-21)25-22(14-28)8-9-22/h3-6,16,28H,7-14H2,1-2H3,(H,23,24,25)/t16-,30?/m0/s1. The third kappa shape index (κ3) is 3.61. The zero-order chi connectivity index (χ0) is 20.9. The lowest BCUT2D eigenvalue weighted by Gasteiger charge is -2.41. The normalized spacial score (nSPS) is 24.7. The van der Waals surface area contributed by atoms with E-state index < -0.39 is 11.2 Å². The van der Waals surface area contributed by atoms with Gasteiger partial charge >= 0.3 is 0 Å². The van der Waals surface area contributed by atoms with Gasteiger partial charge < -0.3 is 24.8 Å². The minimum absolute atomic E-state index is 0.0688. The Kier molecular flexibility index (Phi) is 5.03. The lowest BCUT2D eigenvalue weighted by Crippen LogP contribution is -2.52. The molecule has 30 heavy (non-hydrogen) atoms. The second kappa shape index (κ2) is 7.59. The van der Waals surface area contributed by atoms with Crippen molar-refractivity contribution in [1.82, 2.24) is 9.97 Å². The van der Waals surface area contributed by atoms with E-state index in [0.29, 0.717) is 17.5 Å². The van der Waals surface area contributed by atoms with E-state index in [4.69, 9.17) is 9.97 Å². The summed E-state index contributed by atoms with van der Waals surface area (Å²) in [6, 6.07) is 8.94. The highest BCUT2D eigenvalue weighted by Crippen LogP contribution is 2.41. The fraction of sp³-hybridized carbons (Fsp3) is 0.545. The molecule has 1 unspecified atom stereocenters. The number of nitrogens with one attached hydrogen (secondary N) is 1. The molecule has 1 saturated heterocycles. The van der Waals surface area contributed by atoms with Crippen molar-refractivity contribution in [3.8, 4) is 0 Å². The van der Waals surface area contributed by atoms with Crippen LogP contribution in [0.2, 0.25) is 0 Å². The van der Waals surface area contributed by atoms with Crippen LogP contribution in [-0.2, 0) is 17.6 Å². The van der Waals surface area contributed by atoms with E-state index in [9.17, 15) is 9.66 Å². The Hall–Kier alpha value is -2.03. The van der Waals surface area contributed by atoms with Gasteiger partial charge in [0, 0.05) is 37.8 Å². The first-order valence-electron chi connectivity index (χ1n) is 10.7. The maximum Gasteiger partial charge on any atom is 0.228 e.